The van der Waals surface area contributed by atoms with Gasteiger partial charge in [0.2, 0.25) is 10.0 Å². The Bertz CT molecular complexity index is 558. The molecule has 1 aromatic rings. The number of rotatable bonds is 7. The van der Waals surface area contributed by atoms with Gasteiger partial charge in [0.1, 0.15) is 0 Å². The number of hydrogen-bond donors (Lipinski definition) is 2. The molecule has 1 aliphatic heterocycles. The van der Waals surface area contributed by atoms with Crippen molar-refractivity contribution in [3.8, 4) is 0 Å². The van der Waals surface area contributed by atoms with E-state index in [1.54, 1.807) is 19.2 Å². The Labute approximate surface area is 120 Å². The summed E-state index contributed by atoms with van der Waals surface area (Å²) in [5.41, 5.74) is 2.11. The van der Waals surface area contributed by atoms with Crippen LogP contribution in [-0.2, 0) is 16.4 Å². The van der Waals surface area contributed by atoms with Gasteiger partial charge in [0.05, 0.1) is 4.90 Å². The second-order valence-corrected chi connectivity index (χ2v) is 7.15. The van der Waals surface area contributed by atoms with Crippen LogP contribution in [-0.4, -0.2) is 44.6 Å². The third kappa shape index (κ3) is 3.31. The Morgan fingerprint density at radius 3 is 2.85 bits per heavy atom. The lowest BCUT2D eigenvalue weighted by atomic mass is 10.2. The molecule has 0 saturated carbocycles. The molecular weight excluding hydrogens is 276 g/mol. The lowest BCUT2D eigenvalue weighted by Gasteiger charge is -2.17. The molecule has 2 N–H and O–H groups in total. The number of fused-ring (bicyclic) bond motifs is 1. The summed E-state index contributed by atoms with van der Waals surface area (Å²) in [7, 11) is -1.79. The highest BCUT2D eigenvalue weighted by Crippen LogP contribution is 2.26. The predicted octanol–water partition coefficient (Wildman–Crippen LogP) is 1.44. The highest BCUT2D eigenvalue weighted by molar-refractivity contribution is 7.89. The van der Waals surface area contributed by atoms with Crippen LogP contribution < -0.4 is 5.32 Å². The van der Waals surface area contributed by atoms with Crippen LogP contribution >= 0.6 is 0 Å². The van der Waals surface area contributed by atoms with E-state index in [0.29, 0.717) is 11.4 Å². The van der Waals surface area contributed by atoms with E-state index in [2.05, 4.69) is 5.32 Å². The van der Waals surface area contributed by atoms with Crippen molar-refractivity contribution in [3.05, 3.63) is 23.8 Å². The van der Waals surface area contributed by atoms with Crippen LogP contribution in [0, 0.1) is 0 Å². The fraction of sp³-hybridized carbons (Fsp3) is 0.571. The number of benzene rings is 1. The molecule has 0 fully saturated rings. The van der Waals surface area contributed by atoms with Gasteiger partial charge in [0.15, 0.2) is 0 Å². The van der Waals surface area contributed by atoms with Crippen molar-refractivity contribution in [2.45, 2.75) is 30.6 Å². The van der Waals surface area contributed by atoms with E-state index in [9.17, 15) is 8.42 Å². The highest BCUT2D eigenvalue weighted by Gasteiger charge is 2.22. The Kier molecular flexibility index (Phi) is 5.01. The molecule has 6 heteroatoms. The quantitative estimate of drug-likeness (QED) is 0.747. The van der Waals surface area contributed by atoms with E-state index in [1.165, 1.54) is 4.31 Å². The van der Waals surface area contributed by atoms with Gasteiger partial charge in [-0.05, 0) is 49.4 Å². The van der Waals surface area contributed by atoms with Crippen LogP contribution in [0.2, 0.25) is 0 Å². The maximum Gasteiger partial charge on any atom is 0.242 e. The third-order valence-electron chi connectivity index (χ3n) is 3.63. The molecule has 0 spiro atoms. The second-order valence-electron chi connectivity index (χ2n) is 5.11. The molecule has 0 saturated heterocycles. The van der Waals surface area contributed by atoms with Crippen molar-refractivity contribution >= 4 is 15.7 Å². The molecule has 0 radical (unpaired) electrons. The number of sulfonamides is 1. The summed E-state index contributed by atoms with van der Waals surface area (Å²) < 4.78 is 26.3. The van der Waals surface area contributed by atoms with E-state index in [4.69, 9.17) is 5.11 Å². The predicted molar refractivity (Wildman–Crippen MR) is 79.4 cm³/mol. The van der Waals surface area contributed by atoms with Gasteiger partial charge in [-0.15, -0.1) is 0 Å². The lowest BCUT2D eigenvalue weighted by Crippen LogP contribution is -2.28. The van der Waals surface area contributed by atoms with Crippen molar-refractivity contribution in [1.29, 1.82) is 0 Å². The van der Waals surface area contributed by atoms with Crippen LogP contribution in [0.1, 0.15) is 24.8 Å². The first-order chi connectivity index (χ1) is 9.55. The number of hydrogen-bond acceptors (Lipinski definition) is 4. The molecule has 5 nitrogen and oxygen atoms in total. The molecule has 112 valence electrons. The normalized spacial score (nSPS) is 14.3. The van der Waals surface area contributed by atoms with Gasteiger partial charge in [-0.25, -0.2) is 12.7 Å². The molecule has 1 aromatic carbocycles. The van der Waals surface area contributed by atoms with Crippen LogP contribution in [0.4, 0.5) is 5.69 Å². The zero-order valence-electron chi connectivity index (χ0n) is 11.8. The Morgan fingerprint density at radius 1 is 1.30 bits per heavy atom. The van der Waals surface area contributed by atoms with E-state index < -0.39 is 10.0 Å². The molecule has 1 aliphatic rings. The van der Waals surface area contributed by atoms with E-state index >= 15 is 0 Å². The van der Waals surface area contributed by atoms with Gasteiger partial charge in [-0.3, -0.25) is 0 Å². The number of unbranched alkanes of at least 4 members (excludes halogenated alkanes) is 2. The van der Waals surface area contributed by atoms with Gasteiger partial charge >= 0.3 is 0 Å². The first kappa shape index (κ1) is 15.3. The Hall–Kier alpha value is -1.11. The number of nitrogens with zero attached hydrogens (tertiary/aromatic N) is 1. The van der Waals surface area contributed by atoms with Crippen molar-refractivity contribution < 1.29 is 13.5 Å². The van der Waals surface area contributed by atoms with Gasteiger partial charge in [0, 0.05) is 32.4 Å². The fourth-order valence-corrected chi connectivity index (χ4v) is 3.63. The topological polar surface area (TPSA) is 69.6 Å². The highest BCUT2D eigenvalue weighted by atomic mass is 32.2. The zero-order valence-corrected chi connectivity index (χ0v) is 12.6. The van der Waals surface area contributed by atoms with E-state index in [1.807, 2.05) is 6.07 Å². The summed E-state index contributed by atoms with van der Waals surface area (Å²) in [5, 5.41) is 11.9. The average molecular weight is 298 g/mol. The monoisotopic (exact) mass is 298 g/mol. The average Bonchev–Trinajstić information content (AvgIpc) is 2.90. The van der Waals surface area contributed by atoms with Crippen LogP contribution in [0.25, 0.3) is 0 Å². The molecule has 0 amide bonds. The lowest BCUT2D eigenvalue weighted by molar-refractivity contribution is 0.281. The summed E-state index contributed by atoms with van der Waals surface area (Å²) in [6.45, 7) is 1.52. The first-order valence-corrected chi connectivity index (χ1v) is 8.43. The van der Waals surface area contributed by atoms with Crippen molar-refractivity contribution in [1.82, 2.24) is 4.31 Å². The van der Waals surface area contributed by atoms with E-state index in [0.717, 1.165) is 43.5 Å². The van der Waals surface area contributed by atoms with Crippen molar-refractivity contribution in [3.63, 3.8) is 0 Å². The molecule has 0 aromatic heterocycles. The molecule has 2 rings (SSSR count). The van der Waals surface area contributed by atoms with Crippen molar-refractivity contribution in [2.75, 3.05) is 32.1 Å². The van der Waals surface area contributed by atoms with Crippen molar-refractivity contribution in [2.24, 2.45) is 0 Å². The molecule has 0 atom stereocenters. The molecule has 0 bridgehead atoms. The van der Waals surface area contributed by atoms with Gasteiger partial charge in [0.25, 0.3) is 0 Å². The maximum absolute atomic E-state index is 12.5. The van der Waals surface area contributed by atoms with Crippen LogP contribution in [0.5, 0.6) is 0 Å². The largest absolute Gasteiger partial charge is 0.396 e. The number of aliphatic hydroxyl groups excluding tert-OH is 1. The Morgan fingerprint density at radius 2 is 2.10 bits per heavy atom. The summed E-state index contributed by atoms with van der Waals surface area (Å²) in [5.74, 6) is 0. The summed E-state index contributed by atoms with van der Waals surface area (Å²) in [6, 6.07) is 5.28. The smallest absolute Gasteiger partial charge is 0.242 e. The first-order valence-electron chi connectivity index (χ1n) is 6.99. The number of anilines is 1. The fourth-order valence-electron chi connectivity index (χ4n) is 2.36. The summed E-state index contributed by atoms with van der Waals surface area (Å²) in [4.78, 5) is 0.365. The standard InChI is InChI=1S/C14H22N2O3S/c1-16(9-3-2-4-10-17)20(18,19)13-5-6-14-12(11-13)7-8-15-14/h5-6,11,15,17H,2-4,7-10H2,1H3. The van der Waals surface area contributed by atoms with Gasteiger partial charge < -0.3 is 10.4 Å². The van der Waals surface area contributed by atoms with Crippen LogP contribution in [0.3, 0.4) is 0 Å². The van der Waals surface area contributed by atoms with E-state index in [-0.39, 0.29) is 6.61 Å². The SMILES string of the molecule is CN(CCCCCO)S(=O)(=O)c1ccc2c(c1)CCN2. The van der Waals surface area contributed by atoms with Crippen LogP contribution in [0.15, 0.2) is 23.1 Å². The maximum atomic E-state index is 12.5. The number of nitrogens with one attached hydrogen (secondary N) is 1. The minimum atomic E-state index is -3.40. The molecule has 0 unspecified atom stereocenters. The molecular formula is C14H22N2O3S. The summed E-state index contributed by atoms with van der Waals surface area (Å²) >= 11 is 0. The summed E-state index contributed by atoms with van der Waals surface area (Å²) in [6.07, 6.45) is 3.20. The van der Waals surface area contributed by atoms with Gasteiger partial charge in [-0.2, -0.15) is 0 Å². The molecule has 20 heavy (non-hydrogen) atoms. The number of aliphatic hydroxyl groups is 1. The Balaban J connectivity index is 2.05. The van der Waals surface area contributed by atoms with Gasteiger partial charge in [-0.1, -0.05) is 0 Å². The minimum Gasteiger partial charge on any atom is -0.396 e. The molecule has 1 heterocycles. The minimum absolute atomic E-state index is 0.161. The molecule has 0 aliphatic carbocycles. The second kappa shape index (κ2) is 6.56. The zero-order chi connectivity index (χ0) is 14.6. The third-order valence-corrected chi connectivity index (χ3v) is 5.48.